The van der Waals surface area contributed by atoms with E-state index in [1.165, 1.54) is 0 Å². The van der Waals surface area contributed by atoms with Crippen molar-refractivity contribution in [3.8, 4) is 0 Å². The van der Waals surface area contributed by atoms with Gasteiger partial charge in [-0.25, -0.2) is 9.59 Å². The number of hydrogen-bond donors (Lipinski definition) is 3. The van der Waals surface area contributed by atoms with Crippen LogP contribution in [0, 0.1) is 11.8 Å². The molecule has 0 spiro atoms. The van der Waals surface area contributed by atoms with Crippen LogP contribution in [0.1, 0.15) is 40.0 Å². The van der Waals surface area contributed by atoms with Crippen molar-refractivity contribution in [2.24, 2.45) is 11.8 Å². The van der Waals surface area contributed by atoms with Crippen molar-refractivity contribution in [2.45, 2.75) is 69.7 Å². The van der Waals surface area contributed by atoms with Gasteiger partial charge >= 0.3 is 11.9 Å². The van der Waals surface area contributed by atoms with E-state index < -0.39 is 60.1 Å². The lowest BCUT2D eigenvalue weighted by Crippen LogP contribution is -2.44. The Hall–Kier alpha value is -1.74. The van der Waals surface area contributed by atoms with Crippen molar-refractivity contribution in [1.29, 1.82) is 0 Å². The summed E-state index contributed by atoms with van der Waals surface area (Å²) in [6, 6.07) is 0. The first-order valence-corrected chi connectivity index (χ1v) is 9.49. The van der Waals surface area contributed by atoms with Crippen LogP contribution in [0.3, 0.4) is 0 Å². The molecule has 2 bridgehead atoms. The topological polar surface area (TPSA) is 123 Å². The van der Waals surface area contributed by atoms with Crippen LogP contribution in [0.25, 0.3) is 0 Å². The molecule has 3 saturated heterocycles. The molecule has 8 nitrogen and oxygen atoms in total. The van der Waals surface area contributed by atoms with Crippen molar-refractivity contribution in [2.75, 3.05) is 6.61 Å². The summed E-state index contributed by atoms with van der Waals surface area (Å²) >= 11 is 0. The van der Waals surface area contributed by atoms with Gasteiger partial charge in [0.2, 0.25) is 0 Å². The highest BCUT2D eigenvalue weighted by atomic mass is 16.7. The minimum atomic E-state index is -1.78. The standard InChI is InChI=1S/C20H28O8/c1-5-10(2)17(23)27-14-7-19(4)15(22)8-20(25,28-19)12(9-21)6-13-16(14)11(3)18(24)26-13/h5,12-16,21-22,25H,3,6-9H2,1-2,4H3/b10-5-/t12?,13-,14-,15+,16-,19-,20-/m1/s1. The van der Waals surface area contributed by atoms with Crippen LogP contribution in [0.2, 0.25) is 0 Å². The van der Waals surface area contributed by atoms with Crippen molar-refractivity contribution < 1.29 is 39.1 Å². The zero-order valence-electron chi connectivity index (χ0n) is 16.4. The predicted octanol–water partition coefficient (Wildman–Crippen LogP) is 0.593. The fourth-order valence-corrected chi connectivity index (χ4v) is 4.41. The second kappa shape index (κ2) is 7.26. The minimum Gasteiger partial charge on any atom is -0.458 e. The quantitative estimate of drug-likeness (QED) is 0.468. The van der Waals surface area contributed by atoms with E-state index in [0.29, 0.717) is 5.57 Å². The van der Waals surface area contributed by atoms with Gasteiger partial charge in [-0.15, -0.1) is 0 Å². The lowest BCUT2D eigenvalue weighted by molar-refractivity contribution is -0.260. The number of fused-ring (bicyclic) bond motifs is 3. The van der Waals surface area contributed by atoms with Crippen molar-refractivity contribution in [3.05, 3.63) is 23.8 Å². The lowest BCUT2D eigenvalue weighted by Gasteiger charge is -2.34. The first kappa shape index (κ1) is 21.0. The van der Waals surface area contributed by atoms with Crippen LogP contribution in [-0.2, 0) is 23.8 Å². The Morgan fingerprint density at radius 3 is 2.71 bits per heavy atom. The highest BCUT2D eigenvalue weighted by molar-refractivity contribution is 5.91. The van der Waals surface area contributed by atoms with Gasteiger partial charge in [-0.2, -0.15) is 0 Å². The van der Waals surface area contributed by atoms with E-state index in [0.717, 1.165) is 0 Å². The van der Waals surface area contributed by atoms with Gasteiger partial charge in [-0.1, -0.05) is 12.7 Å². The summed E-state index contributed by atoms with van der Waals surface area (Å²) < 4.78 is 17.0. The highest BCUT2D eigenvalue weighted by Gasteiger charge is 2.61. The zero-order chi connectivity index (χ0) is 20.9. The average Bonchev–Trinajstić information content (AvgIpc) is 3.04. The van der Waals surface area contributed by atoms with E-state index in [2.05, 4.69) is 6.58 Å². The number of rotatable bonds is 3. The molecule has 0 amide bonds. The third kappa shape index (κ3) is 3.39. The van der Waals surface area contributed by atoms with Gasteiger partial charge in [0.15, 0.2) is 5.79 Å². The summed E-state index contributed by atoms with van der Waals surface area (Å²) in [4.78, 5) is 24.6. The molecule has 1 unspecified atom stereocenters. The van der Waals surface area contributed by atoms with Crippen LogP contribution in [0.15, 0.2) is 23.8 Å². The Labute approximate surface area is 163 Å². The number of carbonyl (C=O) groups is 2. The number of carbonyl (C=O) groups excluding carboxylic acids is 2. The molecular weight excluding hydrogens is 368 g/mol. The molecule has 3 rings (SSSR count). The van der Waals surface area contributed by atoms with Gasteiger partial charge in [0, 0.05) is 29.9 Å². The lowest BCUT2D eigenvalue weighted by atomic mass is 9.77. The maximum atomic E-state index is 12.4. The predicted molar refractivity (Wildman–Crippen MR) is 96.7 cm³/mol. The first-order valence-electron chi connectivity index (χ1n) is 9.49. The van der Waals surface area contributed by atoms with Crippen LogP contribution in [0.4, 0.5) is 0 Å². The molecule has 0 aromatic carbocycles. The molecule has 0 aromatic rings. The molecule has 28 heavy (non-hydrogen) atoms. The van der Waals surface area contributed by atoms with Crippen LogP contribution in [0.5, 0.6) is 0 Å². The van der Waals surface area contributed by atoms with Gasteiger partial charge in [-0.05, 0) is 27.2 Å². The number of esters is 2. The van der Waals surface area contributed by atoms with E-state index in [-0.39, 0.29) is 24.8 Å². The summed E-state index contributed by atoms with van der Waals surface area (Å²) in [6.07, 6.45) is -0.993. The molecule has 0 aromatic heterocycles. The molecule has 3 fully saturated rings. The molecule has 3 aliphatic rings. The van der Waals surface area contributed by atoms with E-state index in [1.807, 2.05) is 0 Å². The fraction of sp³-hybridized carbons (Fsp3) is 0.700. The number of aliphatic hydroxyl groups is 3. The van der Waals surface area contributed by atoms with E-state index in [9.17, 15) is 24.9 Å². The molecule has 3 N–H and O–H groups in total. The highest BCUT2D eigenvalue weighted by Crippen LogP contribution is 2.49. The van der Waals surface area contributed by atoms with E-state index >= 15 is 0 Å². The number of allylic oxidation sites excluding steroid dienone is 1. The van der Waals surface area contributed by atoms with Gasteiger partial charge in [-0.3, -0.25) is 0 Å². The Kier molecular flexibility index (Phi) is 5.44. The molecule has 0 saturated carbocycles. The average molecular weight is 396 g/mol. The van der Waals surface area contributed by atoms with Gasteiger partial charge < -0.3 is 29.5 Å². The summed E-state index contributed by atoms with van der Waals surface area (Å²) in [5.74, 6) is -4.38. The number of ether oxygens (including phenoxy) is 3. The Morgan fingerprint density at radius 1 is 1.43 bits per heavy atom. The molecule has 156 valence electrons. The Morgan fingerprint density at radius 2 is 2.11 bits per heavy atom. The zero-order valence-corrected chi connectivity index (χ0v) is 16.4. The molecule has 3 aliphatic heterocycles. The monoisotopic (exact) mass is 396 g/mol. The summed E-state index contributed by atoms with van der Waals surface area (Å²) in [6.45, 7) is 8.33. The van der Waals surface area contributed by atoms with Gasteiger partial charge in [0.05, 0.1) is 24.2 Å². The van der Waals surface area contributed by atoms with Crippen molar-refractivity contribution in [3.63, 3.8) is 0 Å². The van der Waals surface area contributed by atoms with Crippen LogP contribution >= 0.6 is 0 Å². The summed E-state index contributed by atoms with van der Waals surface area (Å²) in [7, 11) is 0. The molecule has 3 heterocycles. The number of aliphatic hydroxyl groups excluding tert-OH is 2. The van der Waals surface area contributed by atoms with Gasteiger partial charge in [0.25, 0.3) is 0 Å². The second-order valence-electron chi connectivity index (χ2n) is 8.21. The maximum absolute atomic E-state index is 12.4. The minimum absolute atomic E-state index is 0.0359. The van der Waals surface area contributed by atoms with Crippen LogP contribution < -0.4 is 0 Å². The molecule has 0 aliphatic carbocycles. The maximum Gasteiger partial charge on any atom is 0.334 e. The van der Waals surface area contributed by atoms with E-state index in [1.54, 1.807) is 26.8 Å². The third-order valence-electron chi connectivity index (χ3n) is 6.32. The second-order valence-corrected chi connectivity index (χ2v) is 8.21. The molecular formula is C20H28O8. The first-order chi connectivity index (χ1) is 13.0. The van der Waals surface area contributed by atoms with E-state index in [4.69, 9.17) is 14.2 Å². The van der Waals surface area contributed by atoms with Crippen molar-refractivity contribution in [1.82, 2.24) is 0 Å². The SMILES string of the molecule is C=C1C(=O)O[C@@H]2CC(CO)[C@@]3(O)C[C@H](O)[C@@](C)(C[C@@H](OC(=O)/C(C)=C\C)[C@H]12)O3. The Bertz CT molecular complexity index is 715. The normalized spacial score (nSPS) is 43.6. The Balaban J connectivity index is 2.03. The molecule has 8 heteroatoms. The number of hydrogen-bond acceptors (Lipinski definition) is 8. The van der Waals surface area contributed by atoms with Gasteiger partial charge in [0.1, 0.15) is 12.2 Å². The third-order valence-corrected chi connectivity index (χ3v) is 6.32. The molecule has 7 atom stereocenters. The fourth-order valence-electron chi connectivity index (χ4n) is 4.41. The van der Waals surface area contributed by atoms with Crippen LogP contribution in [-0.4, -0.2) is 63.6 Å². The summed E-state index contributed by atoms with van der Waals surface area (Å²) in [5.41, 5.74) is -0.673. The molecule has 0 radical (unpaired) electrons. The summed E-state index contributed by atoms with van der Waals surface area (Å²) in [5, 5.41) is 31.4. The van der Waals surface area contributed by atoms with Crippen molar-refractivity contribution >= 4 is 11.9 Å². The largest absolute Gasteiger partial charge is 0.458 e. The smallest absolute Gasteiger partial charge is 0.334 e.